The van der Waals surface area contributed by atoms with Crippen LogP contribution in [0.5, 0.6) is 0 Å². The van der Waals surface area contributed by atoms with E-state index in [9.17, 15) is 4.79 Å². The van der Waals surface area contributed by atoms with Crippen LogP contribution in [-0.4, -0.2) is 34.9 Å². The molecule has 0 aromatic rings. The Morgan fingerprint density at radius 3 is 2.62 bits per heavy atom. The van der Waals surface area contributed by atoms with Gasteiger partial charge in [-0.25, -0.2) is 0 Å². The lowest BCUT2D eigenvalue weighted by Gasteiger charge is -2.11. The number of carbonyl (C=O) groups excluding carboxylic acids is 1. The summed E-state index contributed by atoms with van der Waals surface area (Å²) >= 11 is 6.60. The topological polar surface area (TPSA) is 20.3 Å². The Balaban J connectivity index is 3.56. The number of thioether (sulfide) groups is 1. The summed E-state index contributed by atoms with van der Waals surface area (Å²) in [4.78, 5) is 12.9. The van der Waals surface area contributed by atoms with Gasteiger partial charge < -0.3 is 4.90 Å². The summed E-state index contributed by atoms with van der Waals surface area (Å²) in [7, 11) is 3.81. The van der Waals surface area contributed by atoms with Gasteiger partial charge in [0.25, 0.3) is 0 Å². The van der Waals surface area contributed by atoms with Gasteiger partial charge in [-0.1, -0.05) is 30.1 Å². The second kappa shape index (κ2) is 7.09. The van der Waals surface area contributed by atoms with Crippen molar-refractivity contribution >= 4 is 34.1 Å². The Labute approximate surface area is 89.4 Å². The van der Waals surface area contributed by atoms with Crippen molar-refractivity contribution in [3.63, 3.8) is 0 Å². The molecule has 0 saturated carbocycles. The van der Waals surface area contributed by atoms with Gasteiger partial charge in [-0.2, -0.15) is 0 Å². The Hall–Kier alpha value is -0.350. The van der Waals surface area contributed by atoms with Crippen molar-refractivity contribution in [3.05, 3.63) is 12.2 Å². The molecular formula is C9H15NOS2. The maximum Gasteiger partial charge on any atom is 0.156 e. The Bertz CT molecular complexity index is 212. The highest BCUT2D eigenvalue weighted by Gasteiger charge is 2.01. The lowest BCUT2D eigenvalue weighted by molar-refractivity contribution is -0.114. The molecule has 0 heterocycles. The van der Waals surface area contributed by atoms with Gasteiger partial charge in [-0.15, -0.1) is 0 Å². The van der Waals surface area contributed by atoms with Crippen LogP contribution in [0.2, 0.25) is 0 Å². The number of ketones is 1. The van der Waals surface area contributed by atoms with Crippen molar-refractivity contribution in [2.45, 2.75) is 13.3 Å². The number of hydrogen-bond donors (Lipinski definition) is 0. The third-order valence-corrected chi connectivity index (χ3v) is 3.03. The molecule has 0 spiro atoms. The van der Waals surface area contributed by atoms with Crippen molar-refractivity contribution in [1.82, 2.24) is 4.90 Å². The molecule has 0 aromatic carbocycles. The predicted octanol–water partition coefficient (Wildman–Crippen LogP) is 2.10. The first kappa shape index (κ1) is 12.7. The summed E-state index contributed by atoms with van der Waals surface area (Å²) in [5.74, 6) is 0.928. The van der Waals surface area contributed by atoms with E-state index in [-0.39, 0.29) is 5.78 Å². The average Bonchev–Trinajstić information content (AvgIpc) is 2.04. The highest BCUT2D eigenvalue weighted by atomic mass is 32.2. The normalized spacial score (nSPS) is 10.4. The van der Waals surface area contributed by atoms with E-state index in [1.54, 1.807) is 23.9 Å². The van der Waals surface area contributed by atoms with Crippen molar-refractivity contribution in [1.29, 1.82) is 0 Å². The zero-order valence-electron chi connectivity index (χ0n) is 8.24. The molecule has 0 radical (unpaired) electrons. The quantitative estimate of drug-likeness (QED) is 0.530. The molecule has 0 unspecified atom stereocenters. The zero-order valence-corrected chi connectivity index (χ0v) is 9.87. The first-order valence-electron chi connectivity index (χ1n) is 4.07. The summed E-state index contributed by atoms with van der Waals surface area (Å²) in [5, 5.41) is 0. The van der Waals surface area contributed by atoms with E-state index in [0.717, 1.165) is 10.1 Å². The zero-order chi connectivity index (χ0) is 10.3. The Morgan fingerprint density at radius 1 is 1.54 bits per heavy atom. The highest BCUT2D eigenvalue weighted by molar-refractivity contribution is 8.22. The van der Waals surface area contributed by atoms with Crippen LogP contribution in [0.15, 0.2) is 12.2 Å². The third-order valence-electron chi connectivity index (χ3n) is 1.29. The van der Waals surface area contributed by atoms with Crippen LogP contribution in [-0.2, 0) is 4.79 Å². The molecule has 0 saturated heterocycles. The highest BCUT2D eigenvalue weighted by Crippen LogP contribution is 2.08. The van der Waals surface area contributed by atoms with Gasteiger partial charge in [0.1, 0.15) is 4.32 Å². The molecule has 0 aliphatic rings. The number of rotatable bonds is 4. The van der Waals surface area contributed by atoms with Crippen LogP contribution in [0.4, 0.5) is 0 Å². The first-order chi connectivity index (χ1) is 6.07. The number of carbonyl (C=O) groups is 1. The van der Waals surface area contributed by atoms with E-state index in [0.29, 0.717) is 6.42 Å². The van der Waals surface area contributed by atoms with Crippen molar-refractivity contribution in [2.24, 2.45) is 0 Å². The number of hydrogen-bond acceptors (Lipinski definition) is 3. The molecular weight excluding hydrogens is 202 g/mol. The van der Waals surface area contributed by atoms with Gasteiger partial charge in [-0.05, 0) is 13.0 Å². The molecule has 4 heteroatoms. The molecule has 0 rings (SSSR count). The van der Waals surface area contributed by atoms with Gasteiger partial charge in [0, 0.05) is 26.3 Å². The smallest absolute Gasteiger partial charge is 0.156 e. The second-order valence-corrected chi connectivity index (χ2v) is 4.45. The van der Waals surface area contributed by atoms with E-state index < -0.39 is 0 Å². The van der Waals surface area contributed by atoms with Crippen molar-refractivity contribution in [2.75, 3.05) is 19.8 Å². The first-order valence-corrected chi connectivity index (χ1v) is 5.47. The standard InChI is InChI=1S/C9H15NOS2/c1-4-5-8(11)6-7-13-9(12)10(2)3/h4-5H,6-7H2,1-3H3/b5-4+. The fraction of sp³-hybridized carbons (Fsp3) is 0.556. The summed E-state index contributed by atoms with van der Waals surface area (Å²) in [6.45, 7) is 1.84. The van der Waals surface area contributed by atoms with Crippen LogP contribution < -0.4 is 0 Å². The maximum atomic E-state index is 11.0. The van der Waals surface area contributed by atoms with E-state index in [4.69, 9.17) is 12.2 Å². The average molecular weight is 217 g/mol. The minimum Gasteiger partial charge on any atom is -0.364 e. The van der Waals surface area contributed by atoms with Crippen LogP contribution >= 0.6 is 24.0 Å². The lowest BCUT2D eigenvalue weighted by Crippen LogP contribution is -2.16. The predicted molar refractivity (Wildman–Crippen MR) is 63.2 cm³/mol. The molecule has 13 heavy (non-hydrogen) atoms. The van der Waals surface area contributed by atoms with Gasteiger partial charge in [0.05, 0.1) is 0 Å². The van der Waals surface area contributed by atoms with Crippen LogP contribution in [0.25, 0.3) is 0 Å². The molecule has 0 N–H and O–H groups in total. The fourth-order valence-corrected chi connectivity index (χ4v) is 1.62. The number of allylic oxidation sites excluding steroid dienone is 2. The monoisotopic (exact) mass is 217 g/mol. The molecule has 0 bridgehead atoms. The molecule has 2 nitrogen and oxygen atoms in total. The van der Waals surface area contributed by atoms with Gasteiger partial charge >= 0.3 is 0 Å². The van der Waals surface area contributed by atoms with Crippen LogP contribution in [0.1, 0.15) is 13.3 Å². The third kappa shape index (κ3) is 6.78. The van der Waals surface area contributed by atoms with Gasteiger partial charge in [0.2, 0.25) is 0 Å². The Morgan fingerprint density at radius 2 is 2.15 bits per heavy atom. The van der Waals surface area contributed by atoms with E-state index in [1.807, 2.05) is 25.9 Å². The lowest BCUT2D eigenvalue weighted by atomic mass is 10.3. The Kier molecular flexibility index (Phi) is 6.90. The summed E-state index contributed by atoms with van der Waals surface area (Å²) in [6.07, 6.45) is 3.92. The van der Waals surface area contributed by atoms with Gasteiger partial charge in [-0.3, -0.25) is 4.79 Å². The van der Waals surface area contributed by atoms with Crippen LogP contribution in [0, 0.1) is 0 Å². The molecule has 74 valence electrons. The molecule has 0 aliphatic carbocycles. The van der Waals surface area contributed by atoms with E-state index in [2.05, 4.69) is 0 Å². The second-order valence-electron chi connectivity index (χ2n) is 2.73. The van der Waals surface area contributed by atoms with Gasteiger partial charge in [0.15, 0.2) is 5.78 Å². The summed E-state index contributed by atoms with van der Waals surface area (Å²) in [5.41, 5.74) is 0. The largest absolute Gasteiger partial charge is 0.364 e. The molecule has 0 fully saturated rings. The minimum absolute atomic E-state index is 0.163. The molecule has 0 amide bonds. The summed E-state index contributed by atoms with van der Waals surface area (Å²) < 4.78 is 0.827. The van der Waals surface area contributed by atoms with Crippen molar-refractivity contribution < 1.29 is 4.79 Å². The molecule has 0 atom stereocenters. The SMILES string of the molecule is C/C=C/C(=O)CCSC(=S)N(C)C. The van der Waals surface area contributed by atoms with E-state index >= 15 is 0 Å². The number of thiocarbonyl (C=S) groups is 1. The van der Waals surface area contributed by atoms with E-state index in [1.165, 1.54) is 0 Å². The summed E-state index contributed by atoms with van der Waals surface area (Å²) in [6, 6.07) is 0. The fourth-order valence-electron chi connectivity index (χ4n) is 0.637. The van der Waals surface area contributed by atoms with Crippen LogP contribution in [0.3, 0.4) is 0 Å². The maximum absolute atomic E-state index is 11.0. The molecule has 0 aliphatic heterocycles. The van der Waals surface area contributed by atoms with Crippen molar-refractivity contribution in [3.8, 4) is 0 Å². The molecule has 0 aromatic heterocycles. The number of nitrogens with zero attached hydrogens (tertiary/aromatic N) is 1. The minimum atomic E-state index is 0.163.